The molecular formula is C26H53NO3. The molecule has 0 aromatic rings. The standard InChI is InChI=1S/C26H53NO3/c1-3-5-7-8-9-10-11-12-13-14-15-16-17-18-19-20-22-26(23-28,24-29)27-25(30)21-6-4-2/h28-29H,3-24H2,1-2H3,(H,27,30). The molecular weight excluding hydrogens is 374 g/mol. The summed E-state index contributed by atoms with van der Waals surface area (Å²) in [5.74, 6) is -0.0588. The molecule has 4 heteroatoms. The molecule has 0 aliphatic carbocycles. The van der Waals surface area contributed by atoms with Crippen LogP contribution in [-0.2, 0) is 4.79 Å². The first-order valence-corrected chi connectivity index (χ1v) is 13.2. The van der Waals surface area contributed by atoms with Gasteiger partial charge in [-0.15, -0.1) is 0 Å². The lowest BCUT2D eigenvalue weighted by molar-refractivity contribution is -0.124. The number of nitrogens with one attached hydrogen (secondary N) is 1. The van der Waals surface area contributed by atoms with Gasteiger partial charge in [0.15, 0.2) is 0 Å². The molecule has 0 saturated heterocycles. The zero-order valence-electron chi connectivity index (χ0n) is 20.4. The lowest BCUT2D eigenvalue weighted by Crippen LogP contribution is -2.54. The van der Waals surface area contributed by atoms with Crippen molar-refractivity contribution < 1.29 is 15.0 Å². The van der Waals surface area contributed by atoms with E-state index in [0.717, 1.165) is 25.7 Å². The van der Waals surface area contributed by atoms with Crippen molar-refractivity contribution in [1.29, 1.82) is 0 Å². The van der Waals surface area contributed by atoms with Crippen LogP contribution in [0, 0.1) is 0 Å². The van der Waals surface area contributed by atoms with Crippen LogP contribution in [0.25, 0.3) is 0 Å². The summed E-state index contributed by atoms with van der Waals surface area (Å²) in [6.07, 6.45) is 24.1. The molecule has 0 fully saturated rings. The Labute approximate surface area is 187 Å². The molecule has 3 N–H and O–H groups in total. The molecule has 0 aliphatic rings. The van der Waals surface area contributed by atoms with Gasteiger partial charge in [0.2, 0.25) is 5.91 Å². The second kappa shape index (κ2) is 21.6. The summed E-state index contributed by atoms with van der Waals surface area (Å²) in [5, 5.41) is 22.3. The maximum Gasteiger partial charge on any atom is 0.220 e. The van der Waals surface area contributed by atoms with E-state index in [0.29, 0.717) is 12.8 Å². The van der Waals surface area contributed by atoms with Crippen LogP contribution in [0.1, 0.15) is 142 Å². The van der Waals surface area contributed by atoms with Crippen molar-refractivity contribution in [2.75, 3.05) is 13.2 Å². The Balaban J connectivity index is 3.56. The molecule has 0 unspecified atom stereocenters. The molecule has 0 rings (SSSR count). The van der Waals surface area contributed by atoms with E-state index in [1.165, 1.54) is 89.9 Å². The third kappa shape index (κ3) is 17.1. The van der Waals surface area contributed by atoms with E-state index >= 15 is 0 Å². The maximum atomic E-state index is 12.0. The van der Waals surface area contributed by atoms with Gasteiger partial charge in [0.25, 0.3) is 0 Å². The van der Waals surface area contributed by atoms with Gasteiger partial charge in [0, 0.05) is 6.42 Å². The molecule has 0 aliphatic heterocycles. The van der Waals surface area contributed by atoms with Crippen molar-refractivity contribution in [1.82, 2.24) is 5.32 Å². The van der Waals surface area contributed by atoms with Gasteiger partial charge in [-0.1, -0.05) is 123 Å². The minimum Gasteiger partial charge on any atom is -0.394 e. The molecule has 0 spiro atoms. The molecule has 0 atom stereocenters. The molecule has 1 amide bonds. The first-order chi connectivity index (χ1) is 14.6. The quantitative estimate of drug-likeness (QED) is 0.160. The van der Waals surface area contributed by atoms with Gasteiger partial charge in [-0.2, -0.15) is 0 Å². The number of unbranched alkanes of at least 4 members (excludes halogenated alkanes) is 16. The van der Waals surface area contributed by atoms with E-state index in [1.54, 1.807) is 0 Å². The number of carbonyl (C=O) groups is 1. The first kappa shape index (κ1) is 29.4. The Morgan fingerprint density at radius 1 is 0.600 bits per heavy atom. The van der Waals surface area contributed by atoms with Crippen LogP contribution in [0.4, 0.5) is 0 Å². The highest BCUT2D eigenvalue weighted by Gasteiger charge is 2.29. The number of aliphatic hydroxyl groups is 2. The lowest BCUT2D eigenvalue weighted by atomic mass is 9.92. The summed E-state index contributed by atoms with van der Waals surface area (Å²) in [4.78, 5) is 12.0. The highest BCUT2D eigenvalue weighted by atomic mass is 16.3. The second-order valence-electron chi connectivity index (χ2n) is 9.30. The Bertz CT molecular complexity index is 369. The van der Waals surface area contributed by atoms with E-state index in [1.807, 2.05) is 0 Å². The molecule has 4 nitrogen and oxygen atoms in total. The third-order valence-electron chi connectivity index (χ3n) is 6.28. The summed E-state index contributed by atoms with van der Waals surface area (Å²) in [6, 6.07) is 0. The number of hydrogen-bond acceptors (Lipinski definition) is 3. The van der Waals surface area contributed by atoms with Crippen LogP contribution in [0.2, 0.25) is 0 Å². The Hall–Kier alpha value is -0.610. The number of carbonyl (C=O) groups excluding carboxylic acids is 1. The minimum absolute atomic E-state index is 0.0588. The summed E-state index contributed by atoms with van der Waals surface area (Å²) in [5.41, 5.74) is -0.846. The first-order valence-electron chi connectivity index (χ1n) is 13.2. The van der Waals surface area contributed by atoms with Crippen LogP contribution in [0.15, 0.2) is 0 Å². The molecule has 0 aromatic heterocycles. The highest BCUT2D eigenvalue weighted by Crippen LogP contribution is 2.18. The van der Waals surface area contributed by atoms with Crippen molar-refractivity contribution in [3.05, 3.63) is 0 Å². The zero-order valence-corrected chi connectivity index (χ0v) is 20.4. The van der Waals surface area contributed by atoms with Crippen LogP contribution in [0.5, 0.6) is 0 Å². The number of hydrogen-bond donors (Lipinski definition) is 3. The molecule has 0 saturated carbocycles. The Kier molecular flexibility index (Phi) is 21.2. The predicted molar refractivity (Wildman–Crippen MR) is 129 cm³/mol. The molecule has 0 bridgehead atoms. The summed E-state index contributed by atoms with van der Waals surface area (Å²) >= 11 is 0. The van der Waals surface area contributed by atoms with Gasteiger partial charge in [0.05, 0.1) is 18.8 Å². The molecule has 180 valence electrons. The van der Waals surface area contributed by atoms with Gasteiger partial charge in [-0.3, -0.25) is 4.79 Å². The number of amides is 1. The van der Waals surface area contributed by atoms with Crippen LogP contribution in [0.3, 0.4) is 0 Å². The van der Waals surface area contributed by atoms with Gasteiger partial charge in [-0.25, -0.2) is 0 Å². The van der Waals surface area contributed by atoms with E-state index < -0.39 is 5.54 Å². The topological polar surface area (TPSA) is 69.6 Å². The Morgan fingerprint density at radius 2 is 0.967 bits per heavy atom. The number of rotatable bonds is 23. The summed E-state index contributed by atoms with van der Waals surface area (Å²) in [6.45, 7) is 3.94. The molecule has 30 heavy (non-hydrogen) atoms. The molecule has 0 radical (unpaired) electrons. The van der Waals surface area contributed by atoms with Crippen molar-refractivity contribution in [2.24, 2.45) is 0 Å². The third-order valence-corrected chi connectivity index (χ3v) is 6.28. The van der Waals surface area contributed by atoms with Gasteiger partial charge in [-0.05, 0) is 12.8 Å². The smallest absolute Gasteiger partial charge is 0.220 e. The van der Waals surface area contributed by atoms with Crippen molar-refractivity contribution in [3.63, 3.8) is 0 Å². The van der Waals surface area contributed by atoms with Gasteiger partial charge in [0.1, 0.15) is 0 Å². The van der Waals surface area contributed by atoms with E-state index in [-0.39, 0.29) is 19.1 Å². The maximum absolute atomic E-state index is 12.0. The lowest BCUT2D eigenvalue weighted by Gasteiger charge is -2.31. The summed E-state index contributed by atoms with van der Waals surface area (Å²) in [7, 11) is 0. The molecule has 0 aromatic carbocycles. The average molecular weight is 428 g/mol. The normalized spacial score (nSPS) is 11.7. The second-order valence-corrected chi connectivity index (χ2v) is 9.30. The summed E-state index contributed by atoms with van der Waals surface area (Å²) < 4.78 is 0. The van der Waals surface area contributed by atoms with E-state index in [4.69, 9.17) is 0 Å². The zero-order chi connectivity index (χ0) is 22.3. The van der Waals surface area contributed by atoms with E-state index in [9.17, 15) is 15.0 Å². The van der Waals surface area contributed by atoms with E-state index in [2.05, 4.69) is 19.2 Å². The van der Waals surface area contributed by atoms with Crippen molar-refractivity contribution >= 4 is 5.91 Å². The average Bonchev–Trinajstić information content (AvgIpc) is 2.76. The monoisotopic (exact) mass is 427 g/mol. The molecule has 0 heterocycles. The van der Waals surface area contributed by atoms with Crippen LogP contribution < -0.4 is 5.32 Å². The number of aliphatic hydroxyl groups excluding tert-OH is 2. The fraction of sp³-hybridized carbons (Fsp3) is 0.962. The van der Waals surface area contributed by atoms with Crippen molar-refractivity contribution in [3.8, 4) is 0 Å². The van der Waals surface area contributed by atoms with Crippen LogP contribution in [-0.4, -0.2) is 34.9 Å². The van der Waals surface area contributed by atoms with Gasteiger partial charge < -0.3 is 15.5 Å². The fourth-order valence-corrected chi connectivity index (χ4v) is 4.06. The minimum atomic E-state index is -0.846. The largest absolute Gasteiger partial charge is 0.394 e. The predicted octanol–water partition coefficient (Wildman–Crippen LogP) is 6.67. The SMILES string of the molecule is CCCCCCCCCCCCCCCCCCC(CO)(CO)NC(=O)CCCC. The van der Waals surface area contributed by atoms with Gasteiger partial charge >= 0.3 is 0 Å². The Morgan fingerprint density at radius 3 is 1.33 bits per heavy atom. The van der Waals surface area contributed by atoms with Crippen LogP contribution >= 0.6 is 0 Å². The fourth-order valence-electron chi connectivity index (χ4n) is 4.06. The highest BCUT2D eigenvalue weighted by molar-refractivity contribution is 5.76. The van der Waals surface area contributed by atoms with Crippen molar-refractivity contribution in [2.45, 2.75) is 148 Å².